The second-order valence-corrected chi connectivity index (χ2v) is 9.35. The second kappa shape index (κ2) is 12.0. The Morgan fingerprint density at radius 1 is 0.971 bits per heavy atom. The topological polar surface area (TPSA) is 58.2 Å². The number of nitrogens with one attached hydrogen (secondary N) is 2. The summed E-state index contributed by atoms with van der Waals surface area (Å²) >= 11 is 19.3. The lowest BCUT2D eigenvalue weighted by Gasteiger charge is -2.18. The Balaban J connectivity index is 2.15. The van der Waals surface area contributed by atoms with Crippen LogP contribution >= 0.6 is 57.4 Å². The molecule has 2 N–H and O–H groups in total. The van der Waals surface area contributed by atoms with Crippen molar-refractivity contribution in [3.05, 3.63) is 71.7 Å². The molecule has 0 saturated carbocycles. The molecule has 0 bridgehead atoms. The zero-order chi connectivity index (χ0) is 26.6. The molecule has 0 aliphatic heterocycles. The smallest absolute Gasteiger partial charge is 0.345 e. The molecule has 14 heteroatoms. The van der Waals surface area contributed by atoms with Crippen molar-refractivity contribution in [1.82, 2.24) is 10.6 Å². The van der Waals surface area contributed by atoms with Crippen LogP contribution < -0.4 is 10.6 Å². The summed E-state index contributed by atoms with van der Waals surface area (Å²) in [7, 11) is 0. The highest BCUT2D eigenvalue weighted by atomic mass is 127. The molecule has 0 spiro atoms. The molecule has 190 valence electrons. The summed E-state index contributed by atoms with van der Waals surface area (Å²) in [6.45, 7) is -2.22. The maximum atomic E-state index is 13.7. The van der Waals surface area contributed by atoms with E-state index in [9.17, 15) is 35.9 Å². The van der Waals surface area contributed by atoms with Crippen LogP contribution in [0.4, 0.5) is 26.3 Å². The van der Waals surface area contributed by atoms with Crippen LogP contribution in [0.3, 0.4) is 0 Å². The number of carbonyl (C=O) groups excluding carboxylic acids is 2. The van der Waals surface area contributed by atoms with E-state index in [1.807, 2.05) is 0 Å². The summed E-state index contributed by atoms with van der Waals surface area (Å²) in [5.41, 5.74) is 0.187. The minimum absolute atomic E-state index is 0.0664. The zero-order valence-electron chi connectivity index (χ0n) is 17.1. The van der Waals surface area contributed by atoms with E-state index in [1.54, 1.807) is 27.9 Å². The highest BCUT2D eigenvalue weighted by Gasteiger charge is 2.39. The van der Waals surface area contributed by atoms with Crippen LogP contribution in [0.5, 0.6) is 0 Å². The zero-order valence-corrected chi connectivity index (χ0v) is 21.6. The molecule has 2 amide bonds. The monoisotopic (exact) mass is 672 g/mol. The number of hydrogen-bond acceptors (Lipinski definition) is 2. The SMILES string of the molecule is O=C(CNC(=O)c1ccc(/C=C/C(c2cc(Cl)c(Cl)c(Cl)c2)C(F)(F)F)cc1I)NCC(F)(F)F. The van der Waals surface area contributed by atoms with Crippen LogP contribution in [0.1, 0.15) is 27.4 Å². The van der Waals surface area contributed by atoms with E-state index in [2.05, 4.69) is 5.32 Å². The van der Waals surface area contributed by atoms with E-state index in [-0.39, 0.29) is 26.2 Å². The summed E-state index contributed by atoms with van der Waals surface area (Å²) in [5.74, 6) is -3.83. The van der Waals surface area contributed by atoms with Crippen molar-refractivity contribution < 1.29 is 35.9 Å². The lowest BCUT2D eigenvalue weighted by atomic mass is 9.97. The number of carbonyl (C=O) groups is 2. The van der Waals surface area contributed by atoms with Crippen LogP contribution in [-0.2, 0) is 4.79 Å². The van der Waals surface area contributed by atoms with Crippen molar-refractivity contribution in [2.75, 3.05) is 13.1 Å². The first-order chi connectivity index (χ1) is 16.1. The molecule has 2 rings (SSSR count). The Morgan fingerprint density at radius 3 is 2.09 bits per heavy atom. The van der Waals surface area contributed by atoms with E-state index < -0.39 is 43.2 Å². The van der Waals surface area contributed by atoms with Gasteiger partial charge in [0.1, 0.15) is 6.54 Å². The number of rotatable bonds is 7. The number of hydrogen-bond donors (Lipinski definition) is 2. The third kappa shape index (κ3) is 9.03. The molecule has 0 aliphatic carbocycles. The van der Waals surface area contributed by atoms with Gasteiger partial charge in [-0.3, -0.25) is 9.59 Å². The molecule has 1 atom stereocenters. The molecule has 1 unspecified atom stereocenters. The normalized spacial score (nSPS) is 13.1. The predicted molar refractivity (Wildman–Crippen MR) is 130 cm³/mol. The average molecular weight is 674 g/mol. The molecule has 2 aromatic carbocycles. The molecule has 0 aromatic heterocycles. The van der Waals surface area contributed by atoms with Gasteiger partial charge < -0.3 is 10.6 Å². The summed E-state index contributed by atoms with van der Waals surface area (Å²) in [4.78, 5) is 23.7. The summed E-state index contributed by atoms with van der Waals surface area (Å²) in [5, 5.41) is 3.46. The summed E-state index contributed by atoms with van der Waals surface area (Å²) in [6, 6.07) is 6.24. The van der Waals surface area contributed by atoms with Gasteiger partial charge in [-0.25, -0.2) is 0 Å². The third-order valence-electron chi connectivity index (χ3n) is 4.33. The van der Waals surface area contributed by atoms with Crippen molar-refractivity contribution >= 4 is 75.3 Å². The standard InChI is InChI=1S/C21H14Cl3F6IN2O2/c22-14-6-11(7-15(23)18(14)24)13(21(28,29)30)4-2-10-1-3-12(16(31)5-10)19(35)32-8-17(34)33-9-20(25,26)27/h1-7,13H,8-9H2,(H,32,35)(H,33,34)/b4-2+. The van der Waals surface area contributed by atoms with E-state index in [1.165, 1.54) is 24.3 Å². The Bertz CT molecular complexity index is 1120. The molecular weight excluding hydrogens is 659 g/mol. The van der Waals surface area contributed by atoms with Crippen LogP contribution in [-0.4, -0.2) is 37.3 Å². The van der Waals surface area contributed by atoms with Crippen molar-refractivity contribution in [3.63, 3.8) is 0 Å². The quantitative estimate of drug-likeness (QED) is 0.189. The minimum atomic E-state index is -4.67. The molecule has 0 fully saturated rings. The molecule has 0 saturated heterocycles. The van der Waals surface area contributed by atoms with Gasteiger partial charge >= 0.3 is 12.4 Å². The van der Waals surface area contributed by atoms with E-state index in [0.717, 1.165) is 18.2 Å². The van der Waals surface area contributed by atoms with Gasteiger partial charge in [-0.05, 0) is 58.0 Å². The largest absolute Gasteiger partial charge is 0.405 e. The lowest BCUT2D eigenvalue weighted by Crippen LogP contribution is -2.41. The van der Waals surface area contributed by atoms with Crippen LogP contribution in [0, 0.1) is 3.57 Å². The van der Waals surface area contributed by atoms with Gasteiger partial charge in [0.2, 0.25) is 5.91 Å². The van der Waals surface area contributed by atoms with Gasteiger partial charge in [-0.2, -0.15) is 26.3 Å². The Labute approximate surface area is 224 Å². The van der Waals surface area contributed by atoms with Crippen molar-refractivity contribution in [3.8, 4) is 0 Å². The molecule has 2 aromatic rings. The van der Waals surface area contributed by atoms with Gasteiger partial charge in [0.25, 0.3) is 5.91 Å². The van der Waals surface area contributed by atoms with Crippen LogP contribution in [0.25, 0.3) is 6.08 Å². The first-order valence-electron chi connectivity index (χ1n) is 9.39. The number of allylic oxidation sites excluding steroid dienone is 1. The minimum Gasteiger partial charge on any atom is -0.345 e. The molecular formula is C21H14Cl3F6IN2O2. The maximum Gasteiger partial charge on any atom is 0.405 e. The third-order valence-corrected chi connectivity index (χ3v) is 6.42. The Hall–Kier alpha value is -1.70. The van der Waals surface area contributed by atoms with E-state index in [4.69, 9.17) is 34.8 Å². The fourth-order valence-electron chi connectivity index (χ4n) is 2.71. The molecule has 0 radical (unpaired) electrons. The van der Waals surface area contributed by atoms with Gasteiger partial charge in [0.15, 0.2) is 0 Å². The number of benzene rings is 2. The fraction of sp³-hybridized carbons (Fsp3) is 0.238. The van der Waals surface area contributed by atoms with E-state index >= 15 is 0 Å². The van der Waals surface area contributed by atoms with Gasteiger partial charge in [-0.1, -0.05) is 53.0 Å². The summed E-state index contributed by atoms with van der Waals surface area (Å²) in [6.07, 6.45) is -7.17. The molecule has 0 aliphatic rings. The van der Waals surface area contributed by atoms with Crippen LogP contribution in [0.2, 0.25) is 15.1 Å². The molecule has 0 heterocycles. The van der Waals surface area contributed by atoms with Gasteiger partial charge in [0, 0.05) is 3.57 Å². The predicted octanol–water partition coefficient (Wildman–Crippen LogP) is 7.02. The van der Waals surface area contributed by atoms with Crippen molar-refractivity contribution in [2.45, 2.75) is 18.3 Å². The van der Waals surface area contributed by atoms with Crippen LogP contribution in [0.15, 0.2) is 36.4 Å². The number of amides is 2. The van der Waals surface area contributed by atoms with Gasteiger partial charge in [-0.15, -0.1) is 0 Å². The first-order valence-corrected chi connectivity index (χ1v) is 11.6. The second-order valence-electron chi connectivity index (χ2n) is 6.99. The van der Waals surface area contributed by atoms with Crippen molar-refractivity contribution in [2.24, 2.45) is 0 Å². The Morgan fingerprint density at radius 2 is 1.57 bits per heavy atom. The lowest BCUT2D eigenvalue weighted by molar-refractivity contribution is -0.139. The summed E-state index contributed by atoms with van der Waals surface area (Å²) < 4.78 is 77.7. The maximum absolute atomic E-state index is 13.7. The van der Waals surface area contributed by atoms with Gasteiger partial charge in [0.05, 0.1) is 33.1 Å². The first kappa shape index (κ1) is 29.5. The molecule has 35 heavy (non-hydrogen) atoms. The van der Waals surface area contributed by atoms with E-state index in [0.29, 0.717) is 9.13 Å². The van der Waals surface area contributed by atoms with Crippen molar-refractivity contribution in [1.29, 1.82) is 0 Å². The average Bonchev–Trinajstić information content (AvgIpc) is 2.73. The highest BCUT2D eigenvalue weighted by molar-refractivity contribution is 14.1. The molecule has 4 nitrogen and oxygen atoms in total. The fourth-order valence-corrected chi connectivity index (χ4v) is 4.10. The highest BCUT2D eigenvalue weighted by Crippen LogP contribution is 2.41. The number of alkyl halides is 6. The Kier molecular flexibility index (Phi) is 10.1. The number of halogens is 10.